The van der Waals surface area contributed by atoms with E-state index in [-0.39, 0.29) is 5.41 Å². The largest absolute Gasteiger partial charge is 0.233 e. The minimum atomic E-state index is 0.282. The summed E-state index contributed by atoms with van der Waals surface area (Å²) in [7, 11) is 0. The van der Waals surface area contributed by atoms with Crippen LogP contribution in [0.25, 0.3) is 0 Å². The molecule has 0 N–H and O–H groups in total. The molecule has 1 atom stereocenters. The lowest BCUT2D eigenvalue weighted by molar-refractivity contribution is 0.364. The summed E-state index contributed by atoms with van der Waals surface area (Å²) in [5, 5.41) is 1.34. The zero-order valence-corrected chi connectivity index (χ0v) is 16.0. The van der Waals surface area contributed by atoms with Crippen molar-refractivity contribution in [3.8, 4) is 0 Å². The van der Waals surface area contributed by atoms with E-state index in [1.807, 2.05) is 11.3 Å². The number of halogens is 1. The van der Waals surface area contributed by atoms with E-state index < -0.39 is 0 Å². The quantitative estimate of drug-likeness (QED) is 0.408. The van der Waals surface area contributed by atoms with Gasteiger partial charge in [-0.25, -0.2) is 4.98 Å². The van der Waals surface area contributed by atoms with E-state index in [1.165, 1.54) is 67.7 Å². The van der Waals surface area contributed by atoms with Crippen LogP contribution in [-0.4, -0.2) is 4.98 Å². The maximum atomic E-state index is 4.80. The fourth-order valence-corrected chi connectivity index (χ4v) is 4.23. The number of unbranched alkanes of at least 4 members (excludes halogenated alkanes) is 5. The molecule has 1 nitrogen and oxygen atoms in total. The third kappa shape index (κ3) is 5.48. The van der Waals surface area contributed by atoms with Gasteiger partial charge in [-0.15, -0.1) is 11.3 Å². The molecule has 0 fully saturated rings. The topological polar surface area (TPSA) is 12.9 Å². The normalized spacial score (nSPS) is 14.4. The van der Waals surface area contributed by atoms with E-state index in [1.54, 1.807) is 0 Å². The summed E-state index contributed by atoms with van der Waals surface area (Å²) >= 11 is 5.47. The summed E-state index contributed by atoms with van der Waals surface area (Å²) in [6.07, 6.45) is 11.9. The van der Waals surface area contributed by atoms with Crippen molar-refractivity contribution in [1.82, 2.24) is 4.98 Å². The molecule has 1 rings (SSSR count). The lowest BCUT2D eigenvalue weighted by Crippen LogP contribution is -2.22. The summed E-state index contributed by atoms with van der Waals surface area (Å²) in [5.74, 6) is 0. The Morgan fingerprint density at radius 3 is 2.05 bits per heavy atom. The SMILES string of the molecule is CCCCCCC(C)(CCCCC)c1nc(Br)c(C)s1. The molecule has 0 spiro atoms. The molecule has 1 heterocycles. The Labute approximate surface area is 137 Å². The zero-order valence-electron chi connectivity index (χ0n) is 13.6. The summed E-state index contributed by atoms with van der Waals surface area (Å²) in [6, 6.07) is 0. The lowest BCUT2D eigenvalue weighted by atomic mass is 9.80. The van der Waals surface area contributed by atoms with Gasteiger partial charge in [0.05, 0.1) is 0 Å². The molecule has 0 aliphatic rings. The molecule has 116 valence electrons. The average molecular weight is 360 g/mol. The molecular weight excluding hydrogens is 330 g/mol. The highest BCUT2D eigenvalue weighted by Gasteiger charge is 2.29. The first-order valence-corrected chi connectivity index (χ1v) is 9.78. The highest BCUT2D eigenvalue weighted by Crippen LogP contribution is 2.39. The Kier molecular flexibility index (Phi) is 8.35. The van der Waals surface area contributed by atoms with Gasteiger partial charge in [0.2, 0.25) is 0 Å². The average Bonchev–Trinajstić information content (AvgIpc) is 2.76. The number of hydrogen-bond acceptors (Lipinski definition) is 2. The van der Waals surface area contributed by atoms with E-state index in [2.05, 4.69) is 43.6 Å². The molecule has 0 aliphatic carbocycles. The number of thiazole rings is 1. The second kappa shape index (κ2) is 9.19. The van der Waals surface area contributed by atoms with Crippen LogP contribution in [0.2, 0.25) is 0 Å². The summed E-state index contributed by atoms with van der Waals surface area (Å²) in [4.78, 5) is 6.11. The molecular formula is C17H30BrNS. The van der Waals surface area contributed by atoms with Gasteiger partial charge in [-0.2, -0.15) is 0 Å². The maximum Gasteiger partial charge on any atom is 0.120 e. The van der Waals surface area contributed by atoms with Crippen LogP contribution in [0.1, 0.15) is 88.4 Å². The number of aryl methyl sites for hydroxylation is 1. The molecule has 1 aromatic heterocycles. The maximum absolute atomic E-state index is 4.80. The van der Waals surface area contributed by atoms with E-state index in [9.17, 15) is 0 Å². The molecule has 1 aromatic rings. The molecule has 0 saturated heterocycles. The minimum absolute atomic E-state index is 0.282. The lowest BCUT2D eigenvalue weighted by Gasteiger charge is -2.27. The van der Waals surface area contributed by atoms with Crippen molar-refractivity contribution in [1.29, 1.82) is 0 Å². The predicted octanol–water partition coefficient (Wildman–Crippen LogP) is 7.02. The van der Waals surface area contributed by atoms with Crippen molar-refractivity contribution >= 4 is 27.3 Å². The smallest absolute Gasteiger partial charge is 0.120 e. The standard InChI is InChI=1S/C17H30BrNS/c1-5-7-9-11-13-17(4,12-10-8-6-2)16-19-15(18)14(3)20-16/h5-13H2,1-4H3. The van der Waals surface area contributed by atoms with Crippen molar-refractivity contribution in [2.45, 2.75) is 90.9 Å². The Morgan fingerprint density at radius 2 is 1.55 bits per heavy atom. The highest BCUT2D eigenvalue weighted by molar-refractivity contribution is 9.10. The van der Waals surface area contributed by atoms with Crippen LogP contribution in [0.4, 0.5) is 0 Å². The van der Waals surface area contributed by atoms with Crippen molar-refractivity contribution < 1.29 is 0 Å². The van der Waals surface area contributed by atoms with E-state index >= 15 is 0 Å². The van der Waals surface area contributed by atoms with Crippen molar-refractivity contribution in [3.05, 3.63) is 14.5 Å². The summed E-state index contributed by atoms with van der Waals surface area (Å²) in [6.45, 7) is 9.15. The van der Waals surface area contributed by atoms with Gasteiger partial charge in [0.15, 0.2) is 0 Å². The molecule has 0 saturated carbocycles. The second-order valence-electron chi connectivity index (χ2n) is 6.19. The Hall–Kier alpha value is 0.110. The van der Waals surface area contributed by atoms with Crippen LogP contribution in [0.3, 0.4) is 0 Å². The van der Waals surface area contributed by atoms with Gasteiger partial charge in [0.25, 0.3) is 0 Å². The number of hydrogen-bond donors (Lipinski definition) is 0. The van der Waals surface area contributed by atoms with Gasteiger partial charge in [0, 0.05) is 10.3 Å². The molecule has 3 heteroatoms. The van der Waals surface area contributed by atoms with Crippen LogP contribution >= 0.6 is 27.3 Å². The second-order valence-corrected chi connectivity index (χ2v) is 8.15. The fraction of sp³-hybridized carbons (Fsp3) is 0.824. The summed E-state index contributed by atoms with van der Waals surface area (Å²) < 4.78 is 1.05. The van der Waals surface area contributed by atoms with Gasteiger partial charge in [0.1, 0.15) is 9.61 Å². The van der Waals surface area contributed by atoms with Crippen molar-refractivity contribution in [2.24, 2.45) is 0 Å². The van der Waals surface area contributed by atoms with E-state index in [0.717, 1.165) is 4.60 Å². The van der Waals surface area contributed by atoms with Crippen LogP contribution < -0.4 is 0 Å². The molecule has 1 unspecified atom stereocenters. The van der Waals surface area contributed by atoms with E-state index in [0.29, 0.717) is 0 Å². The molecule has 0 radical (unpaired) electrons. The van der Waals surface area contributed by atoms with Crippen LogP contribution in [0, 0.1) is 6.92 Å². The predicted molar refractivity (Wildman–Crippen MR) is 94.8 cm³/mol. The number of aromatic nitrogens is 1. The van der Waals surface area contributed by atoms with E-state index in [4.69, 9.17) is 4.98 Å². The van der Waals surface area contributed by atoms with Gasteiger partial charge in [-0.1, -0.05) is 65.7 Å². The Bertz CT molecular complexity index is 369. The third-order valence-corrected chi connectivity index (χ3v) is 6.48. The van der Waals surface area contributed by atoms with Crippen molar-refractivity contribution in [3.63, 3.8) is 0 Å². The van der Waals surface area contributed by atoms with Crippen molar-refractivity contribution in [2.75, 3.05) is 0 Å². The molecule has 0 amide bonds. The van der Waals surface area contributed by atoms with Gasteiger partial charge < -0.3 is 0 Å². The Morgan fingerprint density at radius 1 is 1.00 bits per heavy atom. The molecule has 20 heavy (non-hydrogen) atoms. The molecule has 0 aliphatic heterocycles. The molecule has 0 bridgehead atoms. The Balaban J connectivity index is 2.71. The third-order valence-electron chi connectivity index (χ3n) is 4.17. The minimum Gasteiger partial charge on any atom is -0.233 e. The number of rotatable bonds is 10. The monoisotopic (exact) mass is 359 g/mol. The number of nitrogens with zero attached hydrogens (tertiary/aromatic N) is 1. The summed E-state index contributed by atoms with van der Waals surface area (Å²) in [5.41, 5.74) is 0.282. The highest BCUT2D eigenvalue weighted by atomic mass is 79.9. The van der Waals surface area contributed by atoms with Gasteiger partial charge in [-0.05, 0) is 35.7 Å². The molecule has 0 aromatic carbocycles. The van der Waals surface area contributed by atoms with Crippen LogP contribution in [0.5, 0.6) is 0 Å². The van der Waals surface area contributed by atoms with Crippen LogP contribution in [0.15, 0.2) is 4.60 Å². The zero-order chi connectivity index (χ0) is 15.0. The first-order valence-electron chi connectivity index (χ1n) is 8.17. The fourth-order valence-electron chi connectivity index (χ4n) is 2.68. The first-order chi connectivity index (χ1) is 9.53. The van der Waals surface area contributed by atoms with Gasteiger partial charge >= 0.3 is 0 Å². The first kappa shape index (κ1) is 18.2. The van der Waals surface area contributed by atoms with Crippen LogP contribution in [-0.2, 0) is 5.41 Å². The van der Waals surface area contributed by atoms with Gasteiger partial charge in [-0.3, -0.25) is 0 Å².